The molecule has 0 saturated carbocycles. The summed E-state index contributed by atoms with van der Waals surface area (Å²) in [6.45, 7) is 12.5. The third-order valence-corrected chi connectivity index (χ3v) is 4.39. The first kappa shape index (κ1) is 20.7. The first-order valence-electron chi connectivity index (χ1n) is 9.37. The second-order valence-corrected chi connectivity index (χ2v) is 8.09. The summed E-state index contributed by atoms with van der Waals surface area (Å²) in [4.78, 5) is 12.2. The van der Waals surface area contributed by atoms with E-state index in [2.05, 4.69) is 57.3 Å². The van der Waals surface area contributed by atoms with E-state index in [9.17, 15) is 4.79 Å². The molecule has 0 aliphatic carbocycles. The first-order valence-corrected chi connectivity index (χ1v) is 9.37. The van der Waals surface area contributed by atoms with E-state index in [1.807, 2.05) is 36.4 Å². The van der Waals surface area contributed by atoms with E-state index in [0.29, 0.717) is 11.7 Å². The highest BCUT2D eigenvalue weighted by atomic mass is 16.5. The van der Waals surface area contributed by atoms with Gasteiger partial charge in [0.05, 0.1) is 6.21 Å². The van der Waals surface area contributed by atoms with E-state index in [-0.39, 0.29) is 11.3 Å². The van der Waals surface area contributed by atoms with Gasteiger partial charge in [-0.15, -0.1) is 0 Å². The maximum absolute atomic E-state index is 12.2. The third kappa shape index (κ3) is 6.24. The topological polar surface area (TPSA) is 50.7 Å². The molecule has 0 radical (unpaired) electrons. The quantitative estimate of drug-likeness (QED) is 0.576. The highest BCUT2D eigenvalue weighted by Gasteiger charge is 2.16. The van der Waals surface area contributed by atoms with Crippen LogP contribution in [-0.4, -0.2) is 18.2 Å². The number of hydrazone groups is 1. The van der Waals surface area contributed by atoms with Crippen LogP contribution in [0.15, 0.2) is 53.6 Å². The standard InChI is InChI=1S/C23H30N2O2/c1-16(2)19-9-7-18(8-10-19)15-24-25-22(26)17(3)27-21-13-11-20(12-14-21)23(4,5)6/h7-17H,1-6H3,(H,25,26)/b24-15+. The van der Waals surface area contributed by atoms with Crippen LogP contribution in [0, 0.1) is 0 Å². The fourth-order valence-corrected chi connectivity index (χ4v) is 2.52. The SMILES string of the molecule is CC(Oc1ccc(C(C)(C)C)cc1)C(=O)N/N=C/c1ccc(C(C)C)cc1. The van der Waals surface area contributed by atoms with Crippen molar-refractivity contribution in [1.82, 2.24) is 5.43 Å². The third-order valence-electron chi connectivity index (χ3n) is 4.39. The van der Waals surface area contributed by atoms with Crippen LogP contribution in [0.2, 0.25) is 0 Å². The summed E-state index contributed by atoms with van der Waals surface area (Å²) in [7, 11) is 0. The lowest BCUT2D eigenvalue weighted by atomic mass is 9.87. The van der Waals surface area contributed by atoms with E-state index >= 15 is 0 Å². The van der Waals surface area contributed by atoms with Crippen LogP contribution in [-0.2, 0) is 10.2 Å². The van der Waals surface area contributed by atoms with Gasteiger partial charge < -0.3 is 4.74 Å². The van der Waals surface area contributed by atoms with E-state index in [1.54, 1.807) is 13.1 Å². The Bertz CT molecular complexity index is 770. The molecule has 144 valence electrons. The van der Waals surface area contributed by atoms with Gasteiger partial charge in [-0.3, -0.25) is 4.79 Å². The molecule has 2 aromatic rings. The van der Waals surface area contributed by atoms with Crippen LogP contribution >= 0.6 is 0 Å². The van der Waals surface area contributed by atoms with Crippen LogP contribution in [0.5, 0.6) is 5.75 Å². The molecular weight excluding hydrogens is 336 g/mol. The molecule has 2 aromatic carbocycles. The van der Waals surface area contributed by atoms with Crippen LogP contribution < -0.4 is 10.2 Å². The molecule has 0 spiro atoms. The van der Waals surface area contributed by atoms with Crippen molar-refractivity contribution in [3.05, 3.63) is 65.2 Å². The Morgan fingerprint density at radius 3 is 2.11 bits per heavy atom. The Labute approximate surface area is 162 Å². The average Bonchev–Trinajstić information content (AvgIpc) is 2.61. The monoisotopic (exact) mass is 366 g/mol. The van der Waals surface area contributed by atoms with Gasteiger partial charge in [-0.05, 0) is 47.1 Å². The van der Waals surface area contributed by atoms with Gasteiger partial charge in [0.2, 0.25) is 0 Å². The molecular formula is C23H30N2O2. The zero-order valence-corrected chi connectivity index (χ0v) is 17.1. The van der Waals surface area contributed by atoms with Gasteiger partial charge in [-0.1, -0.05) is 71.0 Å². The molecule has 27 heavy (non-hydrogen) atoms. The van der Waals surface area contributed by atoms with Crippen LogP contribution in [0.4, 0.5) is 0 Å². The van der Waals surface area contributed by atoms with Crippen molar-refractivity contribution in [2.45, 2.75) is 59.0 Å². The molecule has 0 aromatic heterocycles. The summed E-state index contributed by atoms with van der Waals surface area (Å²) in [5.74, 6) is 0.870. The Morgan fingerprint density at radius 1 is 1.00 bits per heavy atom. The number of hydrogen-bond acceptors (Lipinski definition) is 3. The second kappa shape index (κ2) is 8.85. The van der Waals surface area contributed by atoms with E-state index in [4.69, 9.17) is 4.74 Å². The van der Waals surface area contributed by atoms with Crippen LogP contribution in [0.1, 0.15) is 64.2 Å². The maximum Gasteiger partial charge on any atom is 0.280 e. The zero-order chi connectivity index (χ0) is 20.0. The fourth-order valence-electron chi connectivity index (χ4n) is 2.52. The molecule has 0 heterocycles. The number of carbonyl (C=O) groups excluding carboxylic acids is 1. The Hall–Kier alpha value is -2.62. The molecule has 4 heteroatoms. The number of ether oxygens (including phenoxy) is 1. The van der Waals surface area contributed by atoms with E-state index in [0.717, 1.165) is 5.56 Å². The van der Waals surface area contributed by atoms with Gasteiger partial charge in [0.15, 0.2) is 6.10 Å². The summed E-state index contributed by atoms with van der Waals surface area (Å²) in [6, 6.07) is 16.0. The minimum atomic E-state index is -0.633. The largest absolute Gasteiger partial charge is 0.481 e. The molecule has 0 saturated heterocycles. The van der Waals surface area contributed by atoms with Crippen LogP contribution in [0.25, 0.3) is 0 Å². The van der Waals surface area contributed by atoms with Gasteiger partial charge >= 0.3 is 0 Å². The molecule has 1 unspecified atom stereocenters. The summed E-state index contributed by atoms with van der Waals surface area (Å²) in [5, 5.41) is 4.02. The van der Waals surface area contributed by atoms with Crippen molar-refractivity contribution in [2.24, 2.45) is 5.10 Å². The average molecular weight is 367 g/mol. The molecule has 1 N–H and O–H groups in total. The highest BCUT2D eigenvalue weighted by Crippen LogP contribution is 2.24. The lowest BCUT2D eigenvalue weighted by Crippen LogP contribution is -2.33. The van der Waals surface area contributed by atoms with E-state index in [1.165, 1.54) is 11.1 Å². The first-order chi connectivity index (χ1) is 12.7. The summed E-state index contributed by atoms with van der Waals surface area (Å²) in [5.41, 5.74) is 6.05. The van der Waals surface area contributed by atoms with Gasteiger partial charge in [-0.2, -0.15) is 5.10 Å². The number of hydrogen-bond donors (Lipinski definition) is 1. The zero-order valence-electron chi connectivity index (χ0n) is 17.1. The summed E-state index contributed by atoms with van der Waals surface area (Å²) >= 11 is 0. The summed E-state index contributed by atoms with van der Waals surface area (Å²) < 4.78 is 5.70. The molecule has 0 fully saturated rings. The van der Waals surface area contributed by atoms with E-state index < -0.39 is 6.10 Å². The van der Waals surface area contributed by atoms with Crippen molar-refractivity contribution in [3.8, 4) is 5.75 Å². The van der Waals surface area contributed by atoms with Crippen molar-refractivity contribution in [3.63, 3.8) is 0 Å². The highest BCUT2D eigenvalue weighted by molar-refractivity contribution is 5.84. The lowest BCUT2D eigenvalue weighted by molar-refractivity contribution is -0.127. The minimum absolute atomic E-state index is 0.0869. The number of nitrogens with zero attached hydrogens (tertiary/aromatic N) is 1. The molecule has 0 aliphatic rings. The van der Waals surface area contributed by atoms with Gasteiger partial charge in [0.1, 0.15) is 5.75 Å². The van der Waals surface area contributed by atoms with Crippen molar-refractivity contribution in [2.75, 3.05) is 0 Å². The number of rotatable bonds is 6. The van der Waals surface area contributed by atoms with Gasteiger partial charge in [-0.25, -0.2) is 5.43 Å². The Kier molecular flexibility index (Phi) is 6.78. The maximum atomic E-state index is 12.2. The predicted octanol–water partition coefficient (Wildman–Crippen LogP) is 5.03. The van der Waals surface area contributed by atoms with Gasteiger partial charge in [0.25, 0.3) is 5.91 Å². The van der Waals surface area contributed by atoms with Crippen LogP contribution in [0.3, 0.4) is 0 Å². The Morgan fingerprint density at radius 2 is 1.59 bits per heavy atom. The molecule has 4 nitrogen and oxygen atoms in total. The number of nitrogens with one attached hydrogen (secondary N) is 1. The molecule has 0 bridgehead atoms. The molecule has 1 amide bonds. The number of amides is 1. The fraction of sp³-hybridized carbons (Fsp3) is 0.391. The number of carbonyl (C=O) groups is 1. The smallest absolute Gasteiger partial charge is 0.280 e. The van der Waals surface area contributed by atoms with Gasteiger partial charge in [0, 0.05) is 0 Å². The second-order valence-electron chi connectivity index (χ2n) is 8.09. The molecule has 2 rings (SSSR count). The van der Waals surface area contributed by atoms with Crippen molar-refractivity contribution >= 4 is 12.1 Å². The number of benzene rings is 2. The predicted molar refractivity (Wildman–Crippen MR) is 111 cm³/mol. The normalized spacial score (nSPS) is 13.0. The Balaban J connectivity index is 1.88. The minimum Gasteiger partial charge on any atom is -0.481 e. The van der Waals surface area contributed by atoms with Crippen molar-refractivity contribution in [1.29, 1.82) is 0 Å². The lowest BCUT2D eigenvalue weighted by Gasteiger charge is -2.19. The molecule has 0 aliphatic heterocycles. The van der Waals surface area contributed by atoms with Crippen molar-refractivity contribution < 1.29 is 9.53 Å². The molecule has 1 atom stereocenters. The summed E-state index contributed by atoms with van der Waals surface area (Å²) in [6.07, 6.45) is 0.998.